The summed E-state index contributed by atoms with van der Waals surface area (Å²) in [6.07, 6.45) is 0. The summed E-state index contributed by atoms with van der Waals surface area (Å²) in [5, 5.41) is 4.61. The van der Waals surface area contributed by atoms with Crippen LogP contribution in [-0.2, 0) is 18.3 Å². The predicted octanol–water partition coefficient (Wildman–Crippen LogP) is 3.07. The molecular weight excluding hydrogens is 342 g/mol. The van der Waals surface area contributed by atoms with E-state index in [-0.39, 0.29) is 5.91 Å². The van der Waals surface area contributed by atoms with Crippen LogP contribution in [-0.4, -0.2) is 47.5 Å². The Hall–Kier alpha value is -2.05. The lowest BCUT2D eigenvalue weighted by Crippen LogP contribution is -2.34. The lowest BCUT2D eigenvalue weighted by Gasteiger charge is -2.23. The van der Waals surface area contributed by atoms with Gasteiger partial charge in [0.2, 0.25) is 0 Å². The molecule has 136 valence electrons. The Morgan fingerprint density at radius 1 is 1.32 bits per heavy atom. The molecule has 0 aliphatic rings. The number of carbonyl (C=O) groups excluding carboxylic acids is 1. The number of aryl methyl sites for hydroxylation is 2. The SMILES string of the molecule is CCOc1ccc(CN(CCOC)C(=O)c2c(Cl)c(C)nn2C)cc1. The van der Waals surface area contributed by atoms with Crippen molar-refractivity contribution in [2.24, 2.45) is 7.05 Å². The summed E-state index contributed by atoms with van der Waals surface area (Å²) in [7, 11) is 3.33. The fraction of sp³-hybridized carbons (Fsp3) is 0.444. The number of amides is 1. The van der Waals surface area contributed by atoms with E-state index in [1.807, 2.05) is 31.2 Å². The first-order valence-corrected chi connectivity index (χ1v) is 8.54. The van der Waals surface area contributed by atoms with Crippen molar-refractivity contribution in [1.82, 2.24) is 14.7 Å². The van der Waals surface area contributed by atoms with Gasteiger partial charge in [-0.3, -0.25) is 9.48 Å². The number of benzene rings is 1. The maximum absolute atomic E-state index is 13.0. The van der Waals surface area contributed by atoms with Crippen molar-refractivity contribution in [2.75, 3.05) is 26.9 Å². The van der Waals surface area contributed by atoms with Crippen LogP contribution in [0.4, 0.5) is 0 Å². The quantitative estimate of drug-likeness (QED) is 0.721. The minimum absolute atomic E-state index is 0.168. The molecule has 2 aromatic rings. The monoisotopic (exact) mass is 365 g/mol. The molecule has 25 heavy (non-hydrogen) atoms. The van der Waals surface area contributed by atoms with E-state index >= 15 is 0 Å². The number of hydrogen-bond donors (Lipinski definition) is 0. The van der Waals surface area contributed by atoms with Gasteiger partial charge in [-0.25, -0.2) is 0 Å². The molecule has 6 nitrogen and oxygen atoms in total. The third-order valence-electron chi connectivity index (χ3n) is 3.81. The number of nitrogens with zero attached hydrogens (tertiary/aromatic N) is 3. The minimum atomic E-state index is -0.168. The summed E-state index contributed by atoms with van der Waals surface area (Å²) in [5.74, 6) is 0.644. The molecule has 1 amide bonds. The molecule has 1 aromatic heterocycles. The zero-order valence-corrected chi connectivity index (χ0v) is 15.8. The maximum atomic E-state index is 13.0. The average molecular weight is 366 g/mol. The topological polar surface area (TPSA) is 56.6 Å². The zero-order valence-electron chi connectivity index (χ0n) is 15.1. The number of rotatable bonds is 8. The number of halogens is 1. The molecule has 0 N–H and O–H groups in total. The van der Waals surface area contributed by atoms with Crippen LogP contribution in [0.25, 0.3) is 0 Å². The Labute approximate surface area is 153 Å². The van der Waals surface area contributed by atoms with E-state index in [2.05, 4.69) is 5.10 Å². The second-order valence-corrected chi connectivity index (χ2v) is 6.05. The molecule has 1 heterocycles. The summed E-state index contributed by atoms with van der Waals surface area (Å²) < 4.78 is 12.1. The first kappa shape index (κ1) is 19.3. The largest absolute Gasteiger partial charge is 0.494 e. The van der Waals surface area contributed by atoms with Crippen molar-refractivity contribution in [3.05, 3.63) is 46.2 Å². The average Bonchev–Trinajstić information content (AvgIpc) is 2.85. The van der Waals surface area contributed by atoms with Gasteiger partial charge < -0.3 is 14.4 Å². The van der Waals surface area contributed by atoms with Crippen molar-refractivity contribution < 1.29 is 14.3 Å². The molecule has 2 rings (SSSR count). The molecule has 0 aliphatic carbocycles. The van der Waals surface area contributed by atoms with Crippen LogP contribution in [0, 0.1) is 6.92 Å². The molecule has 0 fully saturated rings. The Morgan fingerprint density at radius 3 is 2.52 bits per heavy atom. The Kier molecular flexibility index (Phi) is 6.84. The number of aromatic nitrogens is 2. The maximum Gasteiger partial charge on any atom is 0.274 e. The standard InChI is InChI=1S/C18H24ClN3O3/c1-5-25-15-8-6-14(7-9-15)12-22(10-11-24-4)18(23)17-16(19)13(2)20-21(17)3/h6-9H,5,10-12H2,1-4H3. The molecule has 0 spiro atoms. The predicted molar refractivity (Wildman–Crippen MR) is 97.2 cm³/mol. The molecule has 0 bridgehead atoms. The summed E-state index contributed by atoms with van der Waals surface area (Å²) in [6, 6.07) is 7.71. The second-order valence-electron chi connectivity index (χ2n) is 5.67. The molecule has 1 aromatic carbocycles. The van der Waals surface area contributed by atoms with E-state index in [9.17, 15) is 4.79 Å². The van der Waals surface area contributed by atoms with Crippen LogP contribution >= 0.6 is 11.6 Å². The van der Waals surface area contributed by atoms with Crippen molar-refractivity contribution in [3.63, 3.8) is 0 Å². The van der Waals surface area contributed by atoms with Crippen LogP contribution in [0.3, 0.4) is 0 Å². The number of carbonyl (C=O) groups is 1. The summed E-state index contributed by atoms with van der Waals surface area (Å²) >= 11 is 6.27. The van der Waals surface area contributed by atoms with Crippen LogP contribution < -0.4 is 4.74 Å². The summed E-state index contributed by atoms with van der Waals surface area (Å²) in [4.78, 5) is 14.7. The minimum Gasteiger partial charge on any atom is -0.494 e. The van der Waals surface area contributed by atoms with Crippen LogP contribution in [0.5, 0.6) is 5.75 Å². The van der Waals surface area contributed by atoms with E-state index in [4.69, 9.17) is 21.1 Å². The van der Waals surface area contributed by atoms with Gasteiger partial charge in [0.15, 0.2) is 0 Å². The lowest BCUT2D eigenvalue weighted by atomic mass is 10.2. The van der Waals surface area contributed by atoms with Gasteiger partial charge in [-0.15, -0.1) is 0 Å². The second kappa shape index (κ2) is 8.87. The molecule has 0 atom stereocenters. The Balaban J connectivity index is 2.21. The van der Waals surface area contributed by atoms with E-state index in [1.165, 1.54) is 4.68 Å². The molecule has 0 saturated carbocycles. The van der Waals surface area contributed by atoms with E-state index in [0.717, 1.165) is 11.3 Å². The fourth-order valence-electron chi connectivity index (χ4n) is 2.55. The fourth-order valence-corrected chi connectivity index (χ4v) is 2.79. The smallest absolute Gasteiger partial charge is 0.274 e. The van der Waals surface area contributed by atoms with Gasteiger partial charge in [0.1, 0.15) is 11.4 Å². The van der Waals surface area contributed by atoms with Crippen molar-refractivity contribution in [3.8, 4) is 5.75 Å². The molecule has 0 radical (unpaired) electrons. The van der Waals surface area contributed by atoms with Crippen molar-refractivity contribution in [1.29, 1.82) is 0 Å². The van der Waals surface area contributed by atoms with Crippen molar-refractivity contribution >= 4 is 17.5 Å². The Morgan fingerprint density at radius 2 is 2.00 bits per heavy atom. The number of hydrogen-bond acceptors (Lipinski definition) is 4. The van der Waals surface area contributed by atoms with Gasteiger partial charge in [0.25, 0.3) is 5.91 Å². The van der Waals surface area contributed by atoms with E-state index < -0.39 is 0 Å². The first-order chi connectivity index (χ1) is 12.0. The summed E-state index contributed by atoms with van der Waals surface area (Å²) in [5.41, 5.74) is 2.03. The molecule has 7 heteroatoms. The highest BCUT2D eigenvalue weighted by atomic mass is 35.5. The molecular formula is C18H24ClN3O3. The van der Waals surface area contributed by atoms with Gasteiger partial charge >= 0.3 is 0 Å². The third-order valence-corrected chi connectivity index (χ3v) is 4.26. The highest BCUT2D eigenvalue weighted by Crippen LogP contribution is 2.22. The van der Waals surface area contributed by atoms with Gasteiger partial charge in [-0.1, -0.05) is 23.7 Å². The van der Waals surface area contributed by atoms with Gasteiger partial charge in [-0.2, -0.15) is 5.10 Å². The molecule has 0 aliphatic heterocycles. The number of ether oxygens (including phenoxy) is 2. The van der Waals surface area contributed by atoms with E-state index in [1.54, 1.807) is 26.0 Å². The summed E-state index contributed by atoms with van der Waals surface area (Å²) in [6.45, 7) is 5.70. The van der Waals surface area contributed by atoms with Crippen LogP contribution in [0.15, 0.2) is 24.3 Å². The highest BCUT2D eigenvalue weighted by molar-refractivity contribution is 6.34. The Bertz CT molecular complexity index is 713. The zero-order chi connectivity index (χ0) is 18.4. The number of methoxy groups -OCH3 is 1. The van der Waals surface area contributed by atoms with Gasteiger partial charge in [-0.05, 0) is 31.5 Å². The van der Waals surface area contributed by atoms with Crippen molar-refractivity contribution in [2.45, 2.75) is 20.4 Å². The van der Waals surface area contributed by atoms with Gasteiger partial charge in [0, 0.05) is 27.2 Å². The molecule has 0 saturated heterocycles. The van der Waals surface area contributed by atoms with Crippen LogP contribution in [0.1, 0.15) is 28.7 Å². The van der Waals surface area contributed by atoms with Crippen LogP contribution in [0.2, 0.25) is 5.02 Å². The highest BCUT2D eigenvalue weighted by Gasteiger charge is 2.24. The third kappa shape index (κ3) is 4.74. The lowest BCUT2D eigenvalue weighted by molar-refractivity contribution is 0.0669. The van der Waals surface area contributed by atoms with Gasteiger partial charge in [0.05, 0.1) is 23.9 Å². The normalized spacial score (nSPS) is 10.8. The molecule has 0 unspecified atom stereocenters. The van der Waals surface area contributed by atoms with E-state index in [0.29, 0.717) is 42.7 Å². The first-order valence-electron chi connectivity index (χ1n) is 8.17.